The van der Waals surface area contributed by atoms with Crippen molar-refractivity contribution in [2.75, 3.05) is 23.7 Å². The summed E-state index contributed by atoms with van der Waals surface area (Å²) in [7, 11) is 0. The third-order valence-corrected chi connectivity index (χ3v) is 2.67. The molecule has 0 atom stereocenters. The summed E-state index contributed by atoms with van der Waals surface area (Å²) in [5.41, 5.74) is 7.93. The van der Waals surface area contributed by atoms with Crippen molar-refractivity contribution in [2.24, 2.45) is 5.73 Å². The van der Waals surface area contributed by atoms with Gasteiger partial charge in [0.05, 0.1) is 0 Å². The molecule has 0 aliphatic rings. The Bertz CT molecular complexity index is 527. The van der Waals surface area contributed by atoms with Crippen LogP contribution in [0.5, 0.6) is 0 Å². The average Bonchev–Trinajstić information content (AvgIpc) is 2.43. The fourth-order valence-electron chi connectivity index (χ4n) is 1.77. The molecule has 5 nitrogen and oxygen atoms in total. The molecule has 100 valence electrons. The lowest BCUT2D eigenvalue weighted by Crippen LogP contribution is -2.14. The highest BCUT2D eigenvalue weighted by atomic mass is 15.1. The molecule has 1 heterocycles. The van der Waals surface area contributed by atoms with Crippen LogP contribution in [0.25, 0.3) is 0 Å². The summed E-state index contributed by atoms with van der Waals surface area (Å²) < 4.78 is 0. The molecule has 0 saturated carbocycles. The van der Waals surface area contributed by atoms with E-state index in [1.807, 2.05) is 6.07 Å². The van der Waals surface area contributed by atoms with Gasteiger partial charge in [0, 0.05) is 25.7 Å². The van der Waals surface area contributed by atoms with E-state index in [4.69, 9.17) is 5.73 Å². The summed E-state index contributed by atoms with van der Waals surface area (Å²) in [6.45, 7) is 4.11. The quantitative estimate of drug-likeness (QED) is 0.735. The first-order chi connectivity index (χ1) is 9.28. The standard InChI is InChI=1S/C14H19N5/c1-11-3-2-4-12(7-11)9-17-14-8-13(16-6-5-15)18-10-19-14/h2-4,7-8,10H,5-6,9,15H2,1H3,(H2,16,17,18,19). The van der Waals surface area contributed by atoms with E-state index in [2.05, 4.69) is 51.8 Å². The zero-order valence-corrected chi connectivity index (χ0v) is 11.1. The minimum Gasteiger partial charge on any atom is -0.369 e. The van der Waals surface area contributed by atoms with Crippen molar-refractivity contribution >= 4 is 11.6 Å². The van der Waals surface area contributed by atoms with Gasteiger partial charge in [-0.15, -0.1) is 0 Å². The number of anilines is 2. The van der Waals surface area contributed by atoms with Crippen LogP contribution >= 0.6 is 0 Å². The van der Waals surface area contributed by atoms with Crippen LogP contribution in [0.2, 0.25) is 0 Å². The van der Waals surface area contributed by atoms with Crippen LogP contribution in [-0.4, -0.2) is 23.1 Å². The van der Waals surface area contributed by atoms with Crippen molar-refractivity contribution in [1.29, 1.82) is 0 Å². The van der Waals surface area contributed by atoms with E-state index < -0.39 is 0 Å². The van der Waals surface area contributed by atoms with Gasteiger partial charge < -0.3 is 16.4 Å². The molecule has 0 amide bonds. The smallest absolute Gasteiger partial charge is 0.131 e. The second-order valence-electron chi connectivity index (χ2n) is 4.35. The van der Waals surface area contributed by atoms with Crippen molar-refractivity contribution < 1.29 is 0 Å². The molecule has 2 rings (SSSR count). The van der Waals surface area contributed by atoms with E-state index in [9.17, 15) is 0 Å². The molecular weight excluding hydrogens is 238 g/mol. The maximum Gasteiger partial charge on any atom is 0.131 e. The Hall–Kier alpha value is -2.14. The van der Waals surface area contributed by atoms with Gasteiger partial charge in [-0.25, -0.2) is 9.97 Å². The van der Waals surface area contributed by atoms with E-state index in [1.165, 1.54) is 17.5 Å². The Morgan fingerprint density at radius 3 is 2.63 bits per heavy atom. The first-order valence-electron chi connectivity index (χ1n) is 6.33. The molecule has 0 radical (unpaired) electrons. The summed E-state index contributed by atoms with van der Waals surface area (Å²) in [5, 5.41) is 6.41. The molecule has 0 unspecified atom stereocenters. The first kappa shape index (κ1) is 13.3. The van der Waals surface area contributed by atoms with Crippen LogP contribution in [0.3, 0.4) is 0 Å². The van der Waals surface area contributed by atoms with E-state index in [0.29, 0.717) is 13.1 Å². The van der Waals surface area contributed by atoms with Gasteiger partial charge in [-0.1, -0.05) is 29.8 Å². The number of rotatable bonds is 6. The first-order valence-corrected chi connectivity index (χ1v) is 6.33. The Kier molecular flexibility index (Phi) is 4.69. The number of aryl methyl sites for hydroxylation is 1. The predicted molar refractivity (Wildman–Crippen MR) is 78.1 cm³/mol. The van der Waals surface area contributed by atoms with Crippen LogP contribution in [-0.2, 0) is 6.54 Å². The van der Waals surface area contributed by atoms with Crippen LogP contribution in [0.1, 0.15) is 11.1 Å². The van der Waals surface area contributed by atoms with Crippen molar-refractivity contribution in [2.45, 2.75) is 13.5 Å². The van der Waals surface area contributed by atoms with Crippen molar-refractivity contribution in [1.82, 2.24) is 9.97 Å². The van der Waals surface area contributed by atoms with Gasteiger partial charge in [-0.05, 0) is 12.5 Å². The summed E-state index contributed by atoms with van der Waals surface area (Å²) in [5.74, 6) is 1.59. The largest absolute Gasteiger partial charge is 0.369 e. The van der Waals surface area contributed by atoms with E-state index in [1.54, 1.807) is 0 Å². The third-order valence-electron chi connectivity index (χ3n) is 2.67. The lowest BCUT2D eigenvalue weighted by Gasteiger charge is -2.08. The Morgan fingerprint density at radius 1 is 1.11 bits per heavy atom. The van der Waals surface area contributed by atoms with Gasteiger partial charge in [-0.2, -0.15) is 0 Å². The van der Waals surface area contributed by atoms with Crippen LogP contribution in [0.4, 0.5) is 11.6 Å². The second kappa shape index (κ2) is 6.70. The SMILES string of the molecule is Cc1cccc(CNc2cc(NCCN)ncn2)c1. The number of nitrogens with zero attached hydrogens (tertiary/aromatic N) is 2. The summed E-state index contributed by atoms with van der Waals surface area (Å²) in [6.07, 6.45) is 1.54. The van der Waals surface area contributed by atoms with Gasteiger partial charge in [0.1, 0.15) is 18.0 Å². The van der Waals surface area contributed by atoms with Gasteiger partial charge in [0.25, 0.3) is 0 Å². The van der Waals surface area contributed by atoms with Gasteiger partial charge in [0.15, 0.2) is 0 Å². The monoisotopic (exact) mass is 257 g/mol. The molecule has 0 fully saturated rings. The lowest BCUT2D eigenvalue weighted by atomic mass is 10.1. The van der Waals surface area contributed by atoms with Gasteiger partial charge in [-0.3, -0.25) is 0 Å². The molecule has 0 bridgehead atoms. The fourth-order valence-corrected chi connectivity index (χ4v) is 1.77. The predicted octanol–water partition coefficient (Wildman–Crippen LogP) is 1.77. The Labute approximate surface area is 113 Å². The number of hydrogen-bond acceptors (Lipinski definition) is 5. The maximum atomic E-state index is 5.44. The molecule has 19 heavy (non-hydrogen) atoms. The Balaban J connectivity index is 1.95. The molecule has 1 aromatic carbocycles. The van der Waals surface area contributed by atoms with Crippen molar-refractivity contribution in [3.63, 3.8) is 0 Å². The number of nitrogens with one attached hydrogen (secondary N) is 2. The zero-order chi connectivity index (χ0) is 13.5. The van der Waals surface area contributed by atoms with Crippen LogP contribution < -0.4 is 16.4 Å². The number of aromatic nitrogens is 2. The topological polar surface area (TPSA) is 75.9 Å². The summed E-state index contributed by atoms with van der Waals surface area (Å²) >= 11 is 0. The molecule has 5 heteroatoms. The molecular formula is C14H19N5. The van der Waals surface area contributed by atoms with Crippen LogP contribution in [0, 0.1) is 6.92 Å². The van der Waals surface area contributed by atoms with Crippen molar-refractivity contribution in [3.8, 4) is 0 Å². The summed E-state index contributed by atoms with van der Waals surface area (Å²) in [4.78, 5) is 8.32. The second-order valence-corrected chi connectivity index (χ2v) is 4.35. The Morgan fingerprint density at radius 2 is 1.89 bits per heavy atom. The fraction of sp³-hybridized carbons (Fsp3) is 0.286. The lowest BCUT2D eigenvalue weighted by molar-refractivity contribution is 1.00. The number of nitrogens with two attached hydrogens (primary N) is 1. The molecule has 1 aromatic heterocycles. The molecule has 0 aliphatic carbocycles. The molecule has 0 saturated heterocycles. The van der Waals surface area contributed by atoms with Gasteiger partial charge >= 0.3 is 0 Å². The third kappa shape index (κ3) is 4.22. The van der Waals surface area contributed by atoms with Crippen LogP contribution in [0.15, 0.2) is 36.7 Å². The molecule has 0 spiro atoms. The van der Waals surface area contributed by atoms with Gasteiger partial charge in [0.2, 0.25) is 0 Å². The minimum atomic E-state index is 0.579. The highest BCUT2D eigenvalue weighted by molar-refractivity contribution is 5.46. The van der Waals surface area contributed by atoms with Crippen molar-refractivity contribution in [3.05, 3.63) is 47.8 Å². The normalized spacial score (nSPS) is 10.2. The molecule has 2 aromatic rings. The van der Waals surface area contributed by atoms with E-state index in [0.717, 1.165) is 18.2 Å². The molecule has 0 aliphatic heterocycles. The number of hydrogen-bond donors (Lipinski definition) is 3. The maximum absolute atomic E-state index is 5.44. The average molecular weight is 257 g/mol. The van der Waals surface area contributed by atoms with E-state index >= 15 is 0 Å². The highest BCUT2D eigenvalue weighted by Gasteiger charge is 1.98. The summed E-state index contributed by atoms with van der Waals surface area (Å²) in [6, 6.07) is 10.3. The highest BCUT2D eigenvalue weighted by Crippen LogP contribution is 2.10. The molecule has 4 N–H and O–H groups in total. The number of benzene rings is 1. The van der Waals surface area contributed by atoms with E-state index in [-0.39, 0.29) is 0 Å². The zero-order valence-electron chi connectivity index (χ0n) is 11.1. The minimum absolute atomic E-state index is 0.579.